The van der Waals surface area contributed by atoms with Crippen LogP contribution in [0.25, 0.3) is 0 Å². The molecule has 0 bridgehead atoms. The van der Waals surface area contributed by atoms with Gasteiger partial charge in [0.1, 0.15) is 11.6 Å². The summed E-state index contributed by atoms with van der Waals surface area (Å²) >= 11 is 0. The Morgan fingerprint density at radius 2 is 1.95 bits per heavy atom. The fraction of sp³-hybridized carbons (Fsp3) is 0.581. The summed E-state index contributed by atoms with van der Waals surface area (Å²) in [6.45, 7) is 10.4. The quantitative estimate of drug-likeness (QED) is 0.527. The van der Waals surface area contributed by atoms with Crippen LogP contribution in [-0.4, -0.2) is 83.1 Å². The predicted molar refractivity (Wildman–Crippen MR) is 152 cm³/mol. The Hall–Kier alpha value is -2.68. The Labute approximate surface area is 231 Å². The molecule has 0 radical (unpaired) electrons. The van der Waals surface area contributed by atoms with Crippen LogP contribution in [0.5, 0.6) is 5.75 Å². The molecular weight excluding hydrogens is 497 g/mol. The van der Waals surface area contributed by atoms with E-state index < -0.39 is 0 Å². The molecule has 6 rings (SSSR count). The molecule has 8 heteroatoms. The molecule has 0 aliphatic carbocycles. The van der Waals surface area contributed by atoms with Crippen LogP contribution < -0.4 is 14.5 Å². The van der Waals surface area contributed by atoms with Crippen molar-refractivity contribution >= 4 is 17.3 Å². The number of benzene rings is 2. The van der Waals surface area contributed by atoms with Crippen molar-refractivity contribution < 1.29 is 23.4 Å². The summed E-state index contributed by atoms with van der Waals surface area (Å²) in [7, 11) is 3.36. The average molecular weight is 540 g/mol. The highest BCUT2D eigenvalue weighted by Gasteiger charge is 2.49. The molecule has 0 N–H and O–H groups in total. The van der Waals surface area contributed by atoms with Gasteiger partial charge in [-0.1, -0.05) is 0 Å². The normalized spacial score (nSPS) is 22.8. The zero-order valence-corrected chi connectivity index (χ0v) is 23.7. The van der Waals surface area contributed by atoms with Crippen molar-refractivity contribution in [2.45, 2.75) is 51.7 Å². The van der Waals surface area contributed by atoms with Crippen molar-refractivity contribution in [3.8, 4) is 5.75 Å². The van der Waals surface area contributed by atoms with Crippen molar-refractivity contribution in [1.29, 1.82) is 0 Å². The van der Waals surface area contributed by atoms with Gasteiger partial charge in [0, 0.05) is 69.1 Å². The summed E-state index contributed by atoms with van der Waals surface area (Å²) in [5, 5.41) is 0. The number of anilines is 2. The van der Waals surface area contributed by atoms with E-state index in [0.29, 0.717) is 42.0 Å². The Kier molecular flexibility index (Phi) is 8.45. The fourth-order valence-electron chi connectivity index (χ4n) is 6.37. The average Bonchev–Trinajstić information content (AvgIpc) is 3.58. The smallest absolute Gasteiger partial charge is 0.258 e. The van der Waals surface area contributed by atoms with E-state index >= 15 is 4.39 Å². The Morgan fingerprint density at radius 1 is 1.13 bits per heavy atom. The number of carbonyl (C=O) groups is 1. The highest BCUT2D eigenvalue weighted by molar-refractivity contribution is 6.08. The van der Waals surface area contributed by atoms with E-state index in [4.69, 9.17) is 14.2 Å². The number of hydrogen-bond acceptors (Lipinski definition) is 6. The van der Waals surface area contributed by atoms with Crippen LogP contribution in [0, 0.1) is 11.2 Å². The first-order chi connectivity index (χ1) is 18.8. The van der Waals surface area contributed by atoms with E-state index in [2.05, 4.69) is 23.6 Å². The van der Waals surface area contributed by atoms with Crippen LogP contribution in [-0.2, 0) is 15.9 Å². The summed E-state index contributed by atoms with van der Waals surface area (Å²) in [6.07, 6.45) is 4.87. The van der Waals surface area contributed by atoms with E-state index in [-0.39, 0.29) is 17.1 Å². The molecule has 4 heterocycles. The van der Waals surface area contributed by atoms with Gasteiger partial charge in [-0.2, -0.15) is 0 Å². The van der Waals surface area contributed by atoms with Gasteiger partial charge in [-0.3, -0.25) is 9.69 Å². The van der Waals surface area contributed by atoms with Crippen LogP contribution in [0.3, 0.4) is 0 Å². The van der Waals surface area contributed by atoms with E-state index in [9.17, 15) is 4.79 Å². The monoisotopic (exact) mass is 539 g/mol. The van der Waals surface area contributed by atoms with Crippen LogP contribution in [0.2, 0.25) is 0 Å². The molecule has 212 valence electrons. The molecule has 3 fully saturated rings. The predicted octanol–water partition coefficient (Wildman–Crippen LogP) is 4.77. The summed E-state index contributed by atoms with van der Waals surface area (Å²) in [4.78, 5) is 19.4. The molecule has 1 unspecified atom stereocenters. The lowest BCUT2D eigenvalue weighted by Crippen LogP contribution is -2.61. The third-order valence-electron chi connectivity index (χ3n) is 8.68. The molecule has 0 aromatic heterocycles. The highest BCUT2D eigenvalue weighted by Crippen LogP contribution is 2.43. The zero-order chi connectivity index (χ0) is 27.6. The van der Waals surface area contributed by atoms with Gasteiger partial charge in [0.05, 0.1) is 25.5 Å². The second kappa shape index (κ2) is 11.8. The van der Waals surface area contributed by atoms with Crippen LogP contribution in [0.1, 0.15) is 49.0 Å². The van der Waals surface area contributed by atoms with E-state index in [1.807, 2.05) is 18.2 Å². The summed E-state index contributed by atoms with van der Waals surface area (Å²) < 4.78 is 30.9. The van der Waals surface area contributed by atoms with E-state index in [0.717, 1.165) is 57.1 Å². The number of likely N-dealkylation sites (tertiary alicyclic amines) is 1. The van der Waals surface area contributed by atoms with Gasteiger partial charge in [0.2, 0.25) is 0 Å². The van der Waals surface area contributed by atoms with Crippen molar-refractivity contribution in [1.82, 2.24) is 4.90 Å². The first-order valence-corrected chi connectivity index (χ1v) is 14.2. The van der Waals surface area contributed by atoms with Crippen molar-refractivity contribution in [2.24, 2.45) is 5.41 Å². The Balaban J connectivity index is 0.000000455. The number of nitrogens with zero attached hydrogens (tertiary/aromatic N) is 3. The summed E-state index contributed by atoms with van der Waals surface area (Å²) in [5.74, 6) is 0.393. The molecule has 3 saturated heterocycles. The second-order valence-corrected chi connectivity index (χ2v) is 11.6. The van der Waals surface area contributed by atoms with Gasteiger partial charge in [-0.25, -0.2) is 4.39 Å². The van der Waals surface area contributed by atoms with Crippen LogP contribution >= 0.6 is 0 Å². The minimum atomic E-state index is -0.262. The van der Waals surface area contributed by atoms with Gasteiger partial charge < -0.3 is 24.0 Å². The lowest BCUT2D eigenvalue weighted by atomic mass is 9.78. The standard InChI is InChI=1S/C26H32FN3O3.C5H10O/c1-18(14-32-2)29-16-26(17-29)9-11-28(15-26)24-7-4-20(13-23(24)27)30-10-8-19-12-21(33-3)5-6-22(19)25(30)31;1-5-3-2-4-6-5/h4-7,12-13,18H,8-11,14-17H2,1-3H3;5H,2-4H2,1H3/t;5-/m.1/s1. The SMILES string of the molecule is COCC(C)N1CC2(CCN(c3ccc(N4CCc5cc(OC)ccc5C4=O)cc3F)C2)C1.C[C@@H]1CCCO1. The first kappa shape index (κ1) is 27.9. The fourth-order valence-corrected chi connectivity index (χ4v) is 6.37. The minimum Gasteiger partial charge on any atom is -0.497 e. The maximum absolute atomic E-state index is 15.2. The first-order valence-electron chi connectivity index (χ1n) is 14.2. The molecule has 2 atom stereocenters. The minimum absolute atomic E-state index is 0.0917. The molecule has 0 saturated carbocycles. The van der Waals surface area contributed by atoms with E-state index in [1.165, 1.54) is 18.9 Å². The van der Waals surface area contributed by atoms with Gasteiger partial charge in [-0.15, -0.1) is 0 Å². The maximum Gasteiger partial charge on any atom is 0.258 e. The van der Waals surface area contributed by atoms with Crippen molar-refractivity contribution in [3.05, 3.63) is 53.3 Å². The molecule has 4 aliphatic heterocycles. The summed E-state index contributed by atoms with van der Waals surface area (Å²) in [5.41, 5.74) is 3.13. The number of halogens is 1. The van der Waals surface area contributed by atoms with Crippen LogP contribution in [0.15, 0.2) is 36.4 Å². The third-order valence-corrected chi connectivity index (χ3v) is 8.68. The van der Waals surface area contributed by atoms with Gasteiger partial charge >= 0.3 is 0 Å². The maximum atomic E-state index is 15.2. The third kappa shape index (κ3) is 5.93. The zero-order valence-electron chi connectivity index (χ0n) is 23.7. The number of carbonyl (C=O) groups excluding carboxylic acids is 1. The highest BCUT2D eigenvalue weighted by atomic mass is 19.1. The van der Waals surface area contributed by atoms with Gasteiger partial charge in [0.25, 0.3) is 5.91 Å². The molecule has 1 amide bonds. The second-order valence-electron chi connectivity index (χ2n) is 11.6. The van der Waals surface area contributed by atoms with Crippen molar-refractivity contribution in [3.63, 3.8) is 0 Å². The molecular formula is C31H42FN3O4. The number of fused-ring (bicyclic) bond motifs is 1. The van der Waals surface area contributed by atoms with Crippen molar-refractivity contribution in [2.75, 3.05) is 70.0 Å². The number of methoxy groups -OCH3 is 2. The number of rotatable bonds is 6. The van der Waals surface area contributed by atoms with Gasteiger partial charge in [-0.05, 0) is 81.5 Å². The molecule has 2 aromatic carbocycles. The number of hydrogen-bond donors (Lipinski definition) is 0. The molecule has 7 nitrogen and oxygen atoms in total. The Bertz CT molecular complexity index is 1160. The topological polar surface area (TPSA) is 54.5 Å². The number of ether oxygens (including phenoxy) is 3. The number of amides is 1. The molecule has 39 heavy (non-hydrogen) atoms. The molecule has 1 spiro atoms. The lowest BCUT2D eigenvalue weighted by molar-refractivity contribution is -0.0331. The van der Waals surface area contributed by atoms with Crippen LogP contribution in [0.4, 0.5) is 15.8 Å². The van der Waals surface area contributed by atoms with E-state index in [1.54, 1.807) is 31.3 Å². The molecule has 4 aliphatic rings. The van der Waals surface area contributed by atoms with Gasteiger partial charge in [0.15, 0.2) is 0 Å². The Morgan fingerprint density at radius 3 is 2.59 bits per heavy atom. The summed E-state index contributed by atoms with van der Waals surface area (Å²) in [6, 6.07) is 11.2. The lowest BCUT2D eigenvalue weighted by Gasteiger charge is -2.50. The molecule has 2 aromatic rings. The largest absolute Gasteiger partial charge is 0.497 e.